The quantitative estimate of drug-likeness (QED) is 0.783. The van der Waals surface area contributed by atoms with Gasteiger partial charge in [0.05, 0.1) is 11.5 Å². The number of benzene rings is 1. The van der Waals surface area contributed by atoms with Crippen molar-refractivity contribution in [1.29, 1.82) is 0 Å². The molecule has 2 saturated carbocycles. The van der Waals surface area contributed by atoms with Crippen LogP contribution in [0.4, 0.5) is 13.2 Å². The van der Waals surface area contributed by atoms with Crippen LogP contribution in [-0.2, 0) is 11.0 Å². The Morgan fingerprint density at radius 2 is 1.62 bits per heavy atom. The van der Waals surface area contributed by atoms with Gasteiger partial charge in [-0.3, -0.25) is 9.59 Å². The minimum atomic E-state index is -4.49. The van der Waals surface area contributed by atoms with Crippen LogP contribution in [0, 0.1) is 17.8 Å². The largest absolute Gasteiger partial charge is 0.416 e. The van der Waals surface area contributed by atoms with Crippen molar-refractivity contribution in [2.24, 2.45) is 23.5 Å². The Morgan fingerprint density at radius 1 is 1.00 bits per heavy atom. The molecule has 4 atom stereocenters. The summed E-state index contributed by atoms with van der Waals surface area (Å²) in [6.07, 6.45) is -1.29. The normalized spacial score (nSPS) is 29.0. The van der Waals surface area contributed by atoms with Gasteiger partial charge in [0, 0.05) is 37.8 Å². The highest BCUT2D eigenvalue weighted by Gasteiger charge is 2.50. The summed E-state index contributed by atoms with van der Waals surface area (Å²) < 4.78 is 38.6. The molecule has 1 aromatic carbocycles. The first-order chi connectivity index (χ1) is 13.3. The fourth-order valence-electron chi connectivity index (χ4n) is 5.05. The first-order valence-corrected chi connectivity index (χ1v) is 9.76. The molecule has 3 aliphatic rings. The minimum Gasteiger partial charge on any atom is -0.339 e. The molecule has 5 nitrogen and oxygen atoms in total. The highest BCUT2D eigenvalue weighted by Crippen LogP contribution is 2.48. The monoisotopic (exact) mass is 431 g/mol. The van der Waals surface area contributed by atoms with Gasteiger partial charge in [-0.05, 0) is 49.3 Å². The van der Waals surface area contributed by atoms with Crippen LogP contribution in [0.3, 0.4) is 0 Å². The van der Waals surface area contributed by atoms with E-state index in [4.69, 9.17) is 5.73 Å². The molecular formula is C20H25ClF3N3O2. The summed E-state index contributed by atoms with van der Waals surface area (Å²) in [5.41, 5.74) is 5.45. The number of nitrogens with two attached hydrogens (primary N) is 1. The van der Waals surface area contributed by atoms with E-state index in [1.807, 2.05) is 0 Å². The van der Waals surface area contributed by atoms with Gasteiger partial charge in [0.2, 0.25) is 5.91 Å². The lowest BCUT2D eigenvalue weighted by molar-refractivity contribution is -0.139. The van der Waals surface area contributed by atoms with E-state index in [2.05, 4.69) is 0 Å². The Morgan fingerprint density at radius 3 is 2.21 bits per heavy atom. The third kappa shape index (κ3) is 4.10. The third-order valence-electron chi connectivity index (χ3n) is 6.58. The number of piperazine rings is 1. The number of alkyl halides is 3. The molecule has 3 fully saturated rings. The highest BCUT2D eigenvalue weighted by molar-refractivity contribution is 5.94. The molecular weight excluding hydrogens is 407 g/mol. The zero-order valence-electron chi connectivity index (χ0n) is 15.9. The van der Waals surface area contributed by atoms with Crippen LogP contribution in [0.25, 0.3) is 0 Å². The van der Waals surface area contributed by atoms with E-state index < -0.39 is 17.6 Å². The van der Waals surface area contributed by atoms with E-state index in [-0.39, 0.29) is 35.8 Å². The zero-order valence-corrected chi connectivity index (χ0v) is 16.7. The maximum Gasteiger partial charge on any atom is 0.416 e. The van der Waals surface area contributed by atoms with Gasteiger partial charge in [-0.25, -0.2) is 0 Å². The number of nitrogens with zero attached hydrogens (tertiary/aromatic N) is 2. The van der Waals surface area contributed by atoms with E-state index in [0.717, 1.165) is 31.4 Å². The number of amides is 2. The molecule has 0 spiro atoms. The minimum absolute atomic E-state index is 0. The number of fused-ring (bicyclic) bond motifs is 2. The van der Waals surface area contributed by atoms with Crippen molar-refractivity contribution >= 4 is 24.2 Å². The fraction of sp³-hybridized carbons (Fsp3) is 0.600. The lowest BCUT2D eigenvalue weighted by Crippen LogP contribution is -2.54. The van der Waals surface area contributed by atoms with E-state index >= 15 is 0 Å². The van der Waals surface area contributed by atoms with Crippen molar-refractivity contribution in [2.45, 2.75) is 31.5 Å². The number of carbonyl (C=O) groups is 2. The van der Waals surface area contributed by atoms with Gasteiger partial charge < -0.3 is 15.5 Å². The molecule has 1 aromatic rings. The van der Waals surface area contributed by atoms with Crippen LogP contribution >= 0.6 is 12.4 Å². The van der Waals surface area contributed by atoms with Gasteiger partial charge in [0.25, 0.3) is 5.91 Å². The van der Waals surface area contributed by atoms with E-state index in [9.17, 15) is 22.8 Å². The van der Waals surface area contributed by atoms with Gasteiger partial charge >= 0.3 is 6.18 Å². The maximum absolute atomic E-state index is 12.9. The van der Waals surface area contributed by atoms with Gasteiger partial charge in [0.1, 0.15) is 0 Å². The Bertz CT molecular complexity index is 778. The molecule has 29 heavy (non-hydrogen) atoms. The second-order valence-electron chi connectivity index (χ2n) is 8.13. The van der Waals surface area contributed by atoms with Crippen molar-refractivity contribution in [2.75, 3.05) is 26.2 Å². The van der Waals surface area contributed by atoms with E-state index in [0.29, 0.717) is 38.0 Å². The predicted molar refractivity (Wildman–Crippen MR) is 103 cm³/mol. The van der Waals surface area contributed by atoms with Crippen LogP contribution < -0.4 is 5.73 Å². The summed E-state index contributed by atoms with van der Waals surface area (Å²) in [5.74, 6) is 0.338. The number of halogens is 4. The van der Waals surface area contributed by atoms with Crippen molar-refractivity contribution in [1.82, 2.24) is 9.80 Å². The molecule has 0 radical (unpaired) electrons. The molecule has 0 aromatic heterocycles. The Labute approximate surface area is 173 Å². The smallest absolute Gasteiger partial charge is 0.339 e. The summed E-state index contributed by atoms with van der Waals surface area (Å²) in [6, 6.07) is 4.39. The van der Waals surface area contributed by atoms with E-state index in [1.165, 1.54) is 17.0 Å². The van der Waals surface area contributed by atoms with Crippen LogP contribution in [-0.4, -0.2) is 53.8 Å². The number of hydrogen-bond donors (Lipinski definition) is 1. The SMILES string of the molecule is Cl.NC1C2CCC(C2)C1C(=O)N1CCN(C(=O)c2cccc(C(F)(F)F)c2)CC1. The van der Waals surface area contributed by atoms with E-state index in [1.54, 1.807) is 4.90 Å². The summed E-state index contributed by atoms with van der Waals surface area (Å²) in [7, 11) is 0. The summed E-state index contributed by atoms with van der Waals surface area (Å²) >= 11 is 0. The highest BCUT2D eigenvalue weighted by atomic mass is 35.5. The molecule has 2 N–H and O–H groups in total. The van der Waals surface area contributed by atoms with Crippen LogP contribution in [0.5, 0.6) is 0 Å². The lowest BCUT2D eigenvalue weighted by Gasteiger charge is -2.38. The summed E-state index contributed by atoms with van der Waals surface area (Å²) in [4.78, 5) is 28.8. The second kappa shape index (κ2) is 8.14. The Hall–Kier alpha value is -1.80. The van der Waals surface area contributed by atoms with Crippen molar-refractivity contribution in [3.05, 3.63) is 35.4 Å². The van der Waals surface area contributed by atoms with Gasteiger partial charge in [0.15, 0.2) is 0 Å². The van der Waals surface area contributed by atoms with Gasteiger partial charge in [-0.15, -0.1) is 12.4 Å². The van der Waals surface area contributed by atoms with Crippen molar-refractivity contribution in [3.63, 3.8) is 0 Å². The third-order valence-corrected chi connectivity index (χ3v) is 6.58. The molecule has 9 heteroatoms. The average Bonchev–Trinajstić information content (AvgIpc) is 3.28. The first-order valence-electron chi connectivity index (χ1n) is 9.76. The molecule has 2 bridgehead atoms. The summed E-state index contributed by atoms with van der Waals surface area (Å²) in [5, 5.41) is 0. The zero-order chi connectivity index (χ0) is 20.1. The molecule has 2 amide bonds. The standard InChI is InChI=1S/C20H24F3N3O2.ClH/c21-20(22,23)15-3-1-2-14(11-15)18(27)25-6-8-26(9-7-25)19(28)16-12-4-5-13(10-12)17(16)24;/h1-3,11-13,16-17H,4-10,24H2;1H. The molecule has 1 heterocycles. The van der Waals surface area contributed by atoms with Crippen molar-refractivity contribution < 1.29 is 22.8 Å². The molecule has 160 valence electrons. The fourth-order valence-corrected chi connectivity index (χ4v) is 5.05. The maximum atomic E-state index is 12.9. The predicted octanol–water partition coefficient (Wildman–Crippen LogP) is 2.79. The summed E-state index contributed by atoms with van der Waals surface area (Å²) in [6.45, 7) is 1.42. The second-order valence-corrected chi connectivity index (χ2v) is 8.13. The molecule has 1 saturated heterocycles. The van der Waals surface area contributed by atoms with Crippen LogP contribution in [0.1, 0.15) is 35.2 Å². The number of rotatable bonds is 2. The van der Waals surface area contributed by atoms with Gasteiger partial charge in [-0.2, -0.15) is 13.2 Å². The van der Waals surface area contributed by atoms with Crippen LogP contribution in [0.2, 0.25) is 0 Å². The Balaban J connectivity index is 0.00000240. The number of hydrogen-bond acceptors (Lipinski definition) is 3. The molecule has 4 unspecified atom stereocenters. The van der Waals surface area contributed by atoms with Gasteiger partial charge in [-0.1, -0.05) is 6.07 Å². The number of carbonyl (C=O) groups excluding carboxylic acids is 2. The Kier molecular flexibility index (Phi) is 6.15. The van der Waals surface area contributed by atoms with Crippen molar-refractivity contribution in [3.8, 4) is 0 Å². The van der Waals surface area contributed by atoms with Crippen LogP contribution in [0.15, 0.2) is 24.3 Å². The lowest BCUT2D eigenvalue weighted by atomic mass is 9.84. The first kappa shape index (κ1) is 21.9. The molecule has 2 aliphatic carbocycles. The average molecular weight is 432 g/mol. The topological polar surface area (TPSA) is 66.6 Å². The molecule has 4 rings (SSSR count). The molecule has 1 aliphatic heterocycles.